The Labute approximate surface area is 125 Å². The average Bonchev–Trinajstić information content (AvgIpc) is 2.76. The van der Waals surface area contributed by atoms with Crippen LogP contribution in [-0.2, 0) is 19.4 Å². The molecule has 1 atom stereocenters. The van der Waals surface area contributed by atoms with Gasteiger partial charge in [-0.25, -0.2) is 8.42 Å². The predicted octanol–water partition coefficient (Wildman–Crippen LogP) is 0.818. The third-order valence-corrected chi connectivity index (χ3v) is 6.42. The molecule has 7 heteroatoms. The van der Waals surface area contributed by atoms with E-state index in [2.05, 4.69) is 5.32 Å². The first kappa shape index (κ1) is 16.3. The lowest BCUT2D eigenvalue weighted by Crippen LogP contribution is -2.33. The standard InChI is InChI=1S/C14H23NO5S/c16-13(7-11-5-6-21(19,20)9-11)15-8-10-1-3-12(4-2-10)14(17)18/h10-12H,1-9H2,(H,15,16)(H,17,18). The molecule has 21 heavy (non-hydrogen) atoms. The van der Waals surface area contributed by atoms with Crippen molar-refractivity contribution in [3.05, 3.63) is 0 Å². The molecule has 0 radical (unpaired) electrons. The molecule has 2 fully saturated rings. The smallest absolute Gasteiger partial charge is 0.306 e. The highest BCUT2D eigenvalue weighted by Crippen LogP contribution is 2.28. The van der Waals surface area contributed by atoms with Crippen molar-refractivity contribution >= 4 is 21.7 Å². The van der Waals surface area contributed by atoms with Gasteiger partial charge in [0.25, 0.3) is 0 Å². The van der Waals surface area contributed by atoms with Crippen LogP contribution in [0.15, 0.2) is 0 Å². The summed E-state index contributed by atoms with van der Waals surface area (Å²) in [4.78, 5) is 22.7. The molecule has 120 valence electrons. The van der Waals surface area contributed by atoms with Crippen LogP contribution < -0.4 is 5.32 Å². The molecule has 1 saturated heterocycles. The zero-order valence-electron chi connectivity index (χ0n) is 12.1. The summed E-state index contributed by atoms with van der Waals surface area (Å²) in [6.07, 6.45) is 3.88. The molecule has 1 aliphatic heterocycles. The van der Waals surface area contributed by atoms with Crippen molar-refractivity contribution in [1.82, 2.24) is 5.32 Å². The first-order valence-corrected chi connectivity index (χ1v) is 9.38. The molecule has 0 spiro atoms. The van der Waals surface area contributed by atoms with Crippen LogP contribution in [0.1, 0.15) is 38.5 Å². The van der Waals surface area contributed by atoms with Gasteiger partial charge in [-0.1, -0.05) is 0 Å². The van der Waals surface area contributed by atoms with Crippen LogP contribution in [0.5, 0.6) is 0 Å². The van der Waals surface area contributed by atoms with Gasteiger partial charge in [0, 0.05) is 13.0 Å². The van der Waals surface area contributed by atoms with Crippen LogP contribution in [-0.4, -0.2) is 43.5 Å². The van der Waals surface area contributed by atoms with Gasteiger partial charge in [-0.15, -0.1) is 0 Å². The number of sulfone groups is 1. The number of carbonyl (C=O) groups is 2. The summed E-state index contributed by atoms with van der Waals surface area (Å²) in [5, 5.41) is 11.8. The van der Waals surface area contributed by atoms with E-state index in [-0.39, 0.29) is 35.7 Å². The Morgan fingerprint density at radius 3 is 2.24 bits per heavy atom. The van der Waals surface area contributed by atoms with E-state index in [4.69, 9.17) is 5.11 Å². The maximum atomic E-state index is 11.8. The minimum Gasteiger partial charge on any atom is -0.481 e. The number of carboxylic acids is 1. The molecule has 2 aliphatic rings. The lowest BCUT2D eigenvalue weighted by Gasteiger charge is -2.26. The highest BCUT2D eigenvalue weighted by Gasteiger charge is 2.30. The van der Waals surface area contributed by atoms with Gasteiger partial charge < -0.3 is 10.4 Å². The maximum absolute atomic E-state index is 11.8. The van der Waals surface area contributed by atoms with Crippen LogP contribution in [0, 0.1) is 17.8 Å². The summed E-state index contributed by atoms with van der Waals surface area (Å²) in [5.41, 5.74) is 0. The Morgan fingerprint density at radius 1 is 1.05 bits per heavy atom. The maximum Gasteiger partial charge on any atom is 0.306 e. The Hall–Kier alpha value is -1.11. The van der Waals surface area contributed by atoms with E-state index >= 15 is 0 Å². The average molecular weight is 317 g/mol. The van der Waals surface area contributed by atoms with Crippen LogP contribution in [0.4, 0.5) is 0 Å². The molecule has 1 aliphatic carbocycles. The zero-order chi connectivity index (χ0) is 15.5. The summed E-state index contributed by atoms with van der Waals surface area (Å²) >= 11 is 0. The quantitative estimate of drug-likeness (QED) is 0.782. The van der Waals surface area contributed by atoms with Crippen molar-refractivity contribution < 1.29 is 23.1 Å². The molecule has 1 heterocycles. The molecule has 0 aromatic carbocycles. The van der Waals surface area contributed by atoms with Crippen molar-refractivity contribution in [3.8, 4) is 0 Å². The second-order valence-corrected chi connectivity index (χ2v) is 8.56. The second kappa shape index (κ2) is 6.77. The van der Waals surface area contributed by atoms with Gasteiger partial charge in [-0.3, -0.25) is 9.59 Å². The molecule has 1 saturated carbocycles. The molecular formula is C14H23NO5S. The molecule has 1 unspecified atom stereocenters. The number of hydrogen-bond donors (Lipinski definition) is 2. The minimum absolute atomic E-state index is 0.0438. The van der Waals surface area contributed by atoms with Crippen molar-refractivity contribution in [1.29, 1.82) is 0 Å². The van der Waals surface area contributed by atoms with Crippen LogP contribution in [0.25, 0.3) is 0 Å². The van der Waals surface area contributed by atoms with E-state index in [0.717, 1.165) is 12.8 Å². The molecule has 0 bridgehead atoms. The van der Waals surface area contributed by atoms with Gasteiger partial charge in [0.15, 0.2) is 9.84 Å². The van der Waals surface area contributed by atoms with Crippen molar-refractivity contribution in [2.75, 3.05) is 18.1 Å². The fourth-order valence-electron chi connectivity index (χ4n) is 3.24. The van der Waals surface area contributed by atoms with Gasteiger partial charge in [0.1, 0.15) is 0 Å². The first-order valence-electron chi connectivity index (χ1n) is 7.55. The topological polar surface area (TPSA) is 101 Å². The summed E-state index contributed by atoms with van der Waals surface area (Å²) in [6.45, 7) is 0.574. The summed E-state index contributed by atoms with van der Waals surface area (Å²) in [5.74, 6) is -0.415. The van der Waals surface area contributed by atoms with Gasteiger partial charge in [-0.05, 0) is 43.9 Å². The number of nitrogens with one attached hydrogen (secondary N) is 1. The lowest BCUT2D eigenvalue weighted by molar-refractivity contribution is -0.143. The molecule has 1 amide bonds. The Balaban J connectivity index is 1.65. The third-order valence-electron chi connectivity index (χ3n) is 4.58. The second-order valence-electron chi connectivity index (χ2n) is 6.33. The fraction of sp³-hybridized carbons (Fsp3) is 0.857. The van der Waals surface area contributed by atoms with E-state index in [0.29, 0.717) is 31.7 Å². The summed E-state index contributed by atoms with van der Waals surface area (Å²) in [6, 6.07) is 0. The number of amides is 1. The van der Waals surface area contributed by atoms with Crippen LogP contribution in [0.2, 0.25) is 0 Å². The summed E-state index contributed by atoms with van der Waals surface area (Å²) in [7, 11) is -2.93. The summed E-state index contributed by atoms with van der Waals surface area (Å²) < 4.78 is 22.7. The molecular weight excluding hydrogens is 294 g/mol. The van der Waals surface area contributed by atoms with Crippen molar-refractivity contribution in [3.63, 3.8) is 0 Å². The largest absolute Gasteiger partial charge is 0.481 e. The molecule has 6 nitrogen and oxygen atoms in total. The predicted molar refractivity (Wildman–Crippen MR) is 77.5 cm³/mol. The Bertz CT molecular complexity index is 493. The Morgan fingerprint density at radius 2 is 1.71 bits per heavy atom. The molecule has 0 aromatic heterocycles. The molecule has 2 rings (SSSR count). The van der Waals surface area contributed by atoms with E-state index in [1.807, 2.05) is 0 Å². The van der Waals surface area contributed by atoms with E-state index in [1.54, 1.807) is 0 Å². The minimum atomic E-state index is -2.93. The number of rotatable bonds is 5. The highest BCUT2D eigenvalue weighted by molar-refractivity contribution is 7.91. The zero-order valence-corrected chi connectivity index (χ0v) is 12.9. The lowest BCUT2D eigenvalue weighted by atomic mass is 9.82. The van der Waals surface area contributed by atoms with Crippen molar-refractivity contribution in [2.24, 2.45) is 17.8 Å². The normalized spacial score (nSPS) is 31.7. The van der Waals surface area contributed by atoms with E-state index < -0.39 is 15.8 Å². The molecule has 2 N–H and O–H groups in total. The monoisotopic (exact) mass is 317 g/mol. The van der Waals surface area contributed by atoms with Crippen molar-refractivity contribution in [2.45, 2.75) is 38.5 Å². The van der Waals surface area contributed by atoms with Crippen LogP contribution in [0.3, 0.4) is 0 Å². The van der Waals surface area contributed by atoms with Gasteiger partial charge >= 0.3 is 5.97 Å². The fourth-order valence-corrected chi connectivity index (χ4v) is 5.10. The van der Waals surface area contributed by atoms with Gasteiger partial charge in [-0.2, -0.15) is 0 Å². The van der Waals surface area contributed by atoms with Gasteiger partial charge in [0.2, 0.25) is 5.91 Å². The van der Waals surface area contributed by atoms with E-state index in [1.165, 1.54) is 0 Å². The number of hydrogen-bond acceptors (Lipinski definition) is 4. The number of carbonyl (C=O) groups excluding carboxylic acids is 1. The third kappa shape index (κ3) is 4.98. The van der Waals surface area contributed by atoms with E-state index in [9.17, 15) is 18.0 Å². The highest BCUT2D eigenvalue weighted by atomic mass is 32.2. The number of aliphatic carboxylic acids is 1. The number of carboxylic acid groups (broad SMARTS) is 1. The molecule has 0 aromatic rings. The SMILES string of the molecule is O=C(CC1CCS(=O)(=O)C1)NCC1CCC(C(=O)O)CC1. The van der Waals surface area contributed by atoms with Crippen LogP contribution >= 0.6 is 0 Å². The van der Waals surface area contributed by atoms with Gasteiger partial charge in [0.05, 0.1) is 17.4 Å². The first-order chi connectivity index (χ1) is 9.85. The Kier molecular flexibility index (Phi) is 5.24.